The summed E-state index contributed by atoms with van der Waals surface area (Å²) in [5, 5.41) is 14.9. The van der Waals surface area contributed by atoms with E-state index in [0.29, 0.717) is 11.1 Å². The van der Waals surface area contributed by atoms with Crippen molar-refractivity contribution in [3.05, 3.63) is 29.3 Å². The van der Waals surface area contributed by atoms with Crippen molar-refractivity contribution in [3.63, 3.8) is 0 Å². The third kappa shape index (κ3) is 6.06. The Balaban J connectivity index is 1.89. The molecule has 1 aromatic heterocycles. The molecule has 2 rings (SSSR count). The molecule has 9 heteroatoms. The molecule has 1 atom stereocenters. The summed E-state index contributed by atoms with van der Waals surface area (Å²) in [6.45, 7) is 9.59. The fraction of sp³-hybridized carbons (Fsp3) is 0.500. The SMILES string of the molecule is Cc1ccc(C)c(-n2nnnc2SCC(=O)OCC(=O)N[C@@H](C)C(C)C)c1. The van der Waals surface area contributed by atoms with Crippen LogP contribution in [0.5, 0.6) is 0 Å². The van der Waals surface area contributed by atoms with E-state index in [4.69, 9.17) is 4.74 Å². The van der Waals surface area contributed by atoms with Crippen LogP contribution in [-0.2, 0) is 14.3 Å². The maximum Gasteiger partial charge on any atom is 0.316 e. The molecule has 2 aromatic rings. The van der Waals surface area contributed by atoms with Crippen LogP contribution in [-0.4, -0.2) is 50.5 Å². The first kappa shape index (κ1) is 20.9. The largest absolute Gasteiger partial charge is 0.455 e. The highest BCUT2D eigenvalue weighted by Gasteiger charge is 2.16. The molecule has 0 aliphatic heterocycles. The van der Waals surface area contributed by atoms with Gasteiger partial charge in [-0.3, -0.25) is 9.59 Å². The number of carbonyl (C=O) groups excluding carboxylic acids is 2. The summed E-state index contributed by atoms with van der Waals surface area (Å²) in [5.74, 6) is -0.486. The van der Waals surface area contributed by atoms with Crippen LogP contribution in [0.25, 0.3) is 5.69 Å². The van der Waals surface area contributed by atoms with Gasteiger partial charge < -0.3 is 10.1 Å². The summed E-state index contributed by atoms with van der Waals surface area (Å²) in [7, 11) is 0. The number of carbonyl (C=O) groups is 2. The Kier molecular flexibility index (Phi) is 7.35. The van der Waals surface area contributed by atoms with Crippen LogP contribution in [0.3, 0.4) is 0 Å². The van der Waals surface area contributed by atoms with Gasteiger partial charge in [-0.2, -0.15) is 4.68 Å². The predicted molar refractivity (Wildman–Crippen MR) is 103 cm³/mol. The van der Waals surface area contributed by atoms with Gasteiger partial charge >= 0.3 is 5.97 Å². The van der Waals surface area contributed by atoms with Gasteiger partial charge in [-0.1, -0.05) is 37.7 Å². The lowest BCUT2D eigenvalue weighted by molar-refractivity contribution is -0.146. The normalized spacial score (nSPS) is 12.1. The highest BCUT2D eigenvalue weighted by molar-refractivity contribution is 7.99. The van der Waals surface area contributed by atoms with E-state index in [0.717, 1.165) is 28.6 Å². The van der Waals surface area contributed by atoms with Crippen molar-refractivity contribution >= 4 is 23.6 Å². The molecular weight excluding hydrogens is 366 g/mol. The van der Waals surface area contributed by atoms with Crippen molar-refractivity contribution in [1.82, 2.24) is 25.5 Å². The van der Waals surface area contributed by atoms with E-state index >= 15 is 0 Å². The fourth-order valence-corrected chi connectivity index (χ4v) is 2.82. The molecule has 1 N–H and O–H groups in total. The quantitative estimate of drug-likeness (QED) is 0.543. The van der Waals surface area contributed by atoms with Gasteiger partial charge in [0.25, 0.3) is 5.91 Å². The minimum atomic E-state index is -0.497. The Morgan fingerprint density at radius 1 is 1.26 bits per heavy atom. The standard InChI is InChI=1S/C18H25N5O3S/c1-11(2)14(5)19-16(24)9-26-17(25)10-27-18-20-21-22-23(18)15-8-12(3)6-7-13(15)4/h6-8,11,14H,9-10H2,1-5H3,(H,19,24)/t14-/m0/s1. The first-order chi connectivity index (χ1) is 12.8. The van der Waals surface area contributed by atoms with Crippen molar-refractivity contribution in [1.29, 1.82) is 0 Å². The molecule has 0 saturated heterocycles. The van der Waals surface area contributed by atoms with E-state index in [1.54, 1.807) is 4.68 Å². The number of nitrogens with one attached hydrogen (secondary N) is 1. The highest BCUT2D eigenvalue weighted by Crippen LogP contribution is 2.21. The molecule has 1 heterocycles. The molecule has 0 saturated carbocycles. The first-order valence-corrected chi connectivity index (χ1v) is 9.70. The van der Waals surface area contributed by atoms with Crippen LogP contribution in [0, 0.1) is 19.8 Å². The Morgan fingerprint density at radius 2 is 2.00 bits per heavy atom. The summed E-state index contributed by atoms with van der Waals surface area (Å²) in [5.41, 5.74) is 2.97. The van der Waals surface area contributed by atoms with Gasteiger partial charge in [0.2, 0.25) is 5.16 Å². The molecule has 0 aliphatic rings. The van der Waals surface area contributed by atoms with Gasteiger partial charge in [-0.05, 0) is 54.3 Å². The zero-order valence-corrected chi connectivity index (χ0v) is 17.0. The first-order valence-electron chi connectivity index (χ1n) is 8.71. The lowest BCUT2D eigenvalue weighted by Crippen LogP contribution is -2.38. The second-order valence-electron chi connectivity index (χ2n) is 6.71. The summed E-state index contributed by atoms with van der Waals surface area (Å²) in [6, 6.07) is 6.01. The number of hydrogen-bond donors (Lipinski definition) is 1. The number of nitrogens with zero attached hydrogens (tertiary/aromatic N) is 4. The summed E-state index contributed by atoms with van der Waals surface area (Å²) >= 11 is 1.16. The summed E-state index contributed by atoms with van der Waals surface area (Å²) in [4.78, 5) is 23.7. The van der Waals surface area contributed by atoms with E-state index < -0.39 is 5.97 Å². The van der Waals surface area contributed by atoms with E-state index in [9.17, 15) is 9.59 Å². The van der Waals surface area contributed by atoms with Gasteiger partial charge in [0.05, 0.1) is 11.4 Å². The van der Waals surface area contributed by atoms with Crippen molar-refractivity contribution < 1.29 is 14.3 Å². The van der Waals surface area contributed by atoms with Gasteiger partial charge in [0.15, 0.2) is 6.61 Å². The number of aryl methyl sites for hydroxylation is 2. The monoisotopic (exact) mass is 391 g/mol. The maximum atomic E-state index is 11.9. The molecule has 1 aromatic carbocycles. The van der Waals surface area contributed by atoms with Gasteiger partial charge in [-0.15, -0.1) is 5.10 Å². The minimum absolute atomic E-state index is 0.0122. The molecule has 8 nitrogen and oxygen atoms in total. The Bertz CT molecular complexity index is 806. The second-order valence-corrected chi connectivity index (χ2v) is 7.66. The number of amides is 1. The lowest BCUT2D eigenvalue weighted by atomic mass is 10.1. The molecule has 0 bridgehead atoms. The van der Waals surface area contributed by atoms with Gasteiger partial charge in [-0.25, -0.2) is 0 Å². The van der Waals surface area contributed by atoms with Crippen molar-refractivity contribution in [2.24, 2.45) is 5.92 Å². The third-order valence-electron chi connectivity index (χ3n) is 4.11. The van der Waals surface area contributed by atoms with Crippen LogP contribution in [0.2, 0.25) is 0 Å². The Morgan fingerprint density at radius 3 is 2.70 bits per heavy atom. The number of rotatable bonds is 8. The zero-order chi connectivity index (χ0) is 20.0. The zero-order valence-electron chi connectivity index (χ0n) is 16.2. The van der Waals surface area contributed by atoms with E-state index in [-0.39, 0.29) is 24.3 Å². The number of ether oxygens (including phenoxy) is 1. The smallest absolute Gasteiger partial charge is 0.316 e. The van der Waals surface area contributed by atoms with E-state index in [1.807, 2.05) is 52.8 Å². The van der Waals surface area contributed by atoms with Crippen molar-refractivity contribution in [2.75, 3.05) is 12.4 Å². The van der Waals surface area contributed by atoms with Crippen LogP contribution < -0.4 is 5.32 Å². The topological polar surface area (TPSA) is 99.0 Å². The Labute approximate surface area is 163 Å². The van der Waals surface area contributed by atoms with Crippen LogP contribution in [0.4, 0.5) is 0 Å². The molecule has 0 fully saturated rings. The number of esters is 1. The molecule has 0 spiro atoms. The van der Waals surface area contributed by atoms with Crippen LogP contribution in [0.1, 0.15) is 31.9 Å². The fourth-order valence-electron chi connectivity index (χ4n) is 2.14. The number of thioether (sulfide) groups is 1. The third-order valence-corrected chi connectivity index (χ3v) is 5.00. The predicted octanol–water partition coefficient (Wildman–Crippen LogP) is 2.08. The van der Waals surface area contributed by atoms with Crippen molar-refractivity contribution in [2.45, 2.75) is 45.8 Å². The Hall–Kier alpha value is -2.42. The number of aromatic nitrogens is 4. The summed E-state index contributed by atoms with van der Waals surface area (Å²) in [6.07, 6.45) is 0. The van der Waals surface area contributed by atoms with Gasteiger partial charge in [0.1, 0.15) is 0 Å². The molecule has 0 radical (unpaired) electrons. The maximum absolute atomic E-state index is 11.9. The molecule has 27 heavy (non-hydrogen) atoms. The average Bonchev–Trinajstić information content (AvgIpc) is 3.08. The van der Waals surface area contributed by atoms with E-state index in [1.165, 1.54) is 0 Å². The number of benzene rings is 1. The van der Waals surface area contributed by atoms with Crippen molar-refractivity contribution in [3.8, 4) is 5.69 Å². The molecule has 146 valence electrons. The number of tetrazole rings is 1. The molecular formula is C18H25N5O3S. The van der Waals surface area contributed by atoms with E-state index in [2.05, 4.69) is 20.8 Å². The van der Waals surface area contributed by atoms with Crippen LogP contribution >= 0.6 is 11.8 Å². The lowest BCUT2D eigenvalue weighted by Gasteiger charge is -2.17. The number of hydrogen-bond acceptors (Lipinski definition) is 7. The molecule has 1 amide bonds. The summed E-state index contributed by atoms with van der Waals surface area (Å²) < 4.78 is 6.62. The van der Waals surface area contributed by atoms with Gasteiger partial charge in [0, 0.05) is 6.04 Å². The van der Waals surface area contributed by atoms with Crippen LogP contribution in [0.15, 0.2) is 23.4 Å². The minimum Gasteiger partial charge on any atom is -0.455 e. The molecule has 0 unspecified atom stereocenters. The molecule has 0 aliphatic carbocycles. The highest BCUT2D eigenvalue weighted by atomic mass is 32.2. The second kappa shape index (κ2) is 9.50. The average molecular weight is 391 g/mol.